The van der Waals surface area contributed by atoms with Gasteiger partial charge in [0.05, 0.1) is 5.92 Å². The number of rotatable bonds is 6. The molecular formula is C15H32N2O. The first-order valence-corrected chi connectivity index (χ1v) is 6.97. The maximum absolute atomic E-state index is 12.1. The Balaban J connectivity index is 4.38. The van der Waals surface area contributed by atoms with Crippen molar-refractivity contribution in [3.8, 4) is 0 Å². The molecule has 0 aromatic rings. The van der Waals surface area contributed by atoms with Gasteiger partial charge in [0.15, 0.2) is 0 Å². The maximum atomic E-state index is 12.1. The quantitative estimate of drug-likeness (QED) is 0.768. The van der Waals surface area contributed by atoms with E-state index in [0.717, 1.165) is 6.42 Å². The molecule has 1 unspecified atom stereocenters. The molecule has 108 valence electrons. The van der Waals surface area contributed by atoms with Crippen molar-refractivity contribution in [3.05, 3.63) is 0 Å². The van der Waals surface area contributed by atoms with Gasteiger partial charge in [-0.3, -0.25) is 4.79 Å². The molecule has 0 bridgehead atoms. The van der Waals surface area contributed by atoms with Crippen molar-refractivity contribution in [3.63, 3.8) is 0 Å². The Morgan fingerprint density at radius 3 is 2.00 bits per heavy atom. The van der Waals surface area contributed by atoms with Gasteiger partial charge in [0.2, 0.25) is 5.91 Å². The Kier molecular flexibility index (Phi) is 6.35. The molecule has 0 saturated carbocycles. The van der Waals surface area contributed by atoms with Gasteiger partial charge in [0, 0.05) is 13.1 Å². The van der Waals surface area contributed by atoms with E-state index >= 15 is 0 Å². The van der Waals surface area contributed by atoms with Crippen LogP contribution in [0.2, 0.25) is 0 Å². The topological polar surface area (TPSA) is 55.1 Å². The first kappa shape index (κ1) is 17.4. The van der Waals surface area contributed by atoms with E-state index < -0.39 is 0 Å². The Bertz CT molecular complexity index is 264. The van der Waals surface area contributed by atoms with E-state index in [9.17, 15) is 4.79 Å². The van der Waals surface area contributed by atoms with E-state index in [4.69, 9.17) is 5.73 Å². The molecule has 0 spiro atoms. The van der Waals surface area contributed by atoms with E-state index in [1.807, 2.05) is 0 Å². The molecule has 0 aromatic carbocycles. The lowest BCUT2D eigenvalue weighted by Gasteiger charge is -2.31. The number of nitrogens with one attached hydrogen (secondary N) is 1. The van der Waals surface area contributed by atoms with E-state index in [1.54, 1.807) is 0 Å². The molecule has 1 amide bonds. The van der Waals surface area contributed by atoms with Gasteiger partial charge >= 0.3 is 0 Å². The van der Waals surface area contributed by atoms with Gasteiger partial charge in [-0.1, -0.05) is 48.5 Å². The molecule has 3 heteroatoms. The first-order chi connectivity index (χ1) is 7.99. The van der Waals surface area contributed by atoms with Crippen molar-refractivity contribution >= 4 is 5.91 Å². The Morgan fingerprint density at radius 2 is 1.67 bits per heavy atom. The van der Waals surface area contributed by atoms with Crippen LogP contribution in [-0.2, 0) is 4.79 Å². The van der Waals surface area contributed by atoms with Crippen LogP contribution in [-0.4, -0.2) is 19.0 Å². The van der Waals surface area contributed by atoms with Gasteiger partial charge in [-0.15, -0.1) is 0 Å². The molecule has 3 nitrogen and oxygen atoms in total. The number of hydrogen-bond donors (Lipinski definition) is 2. The van der Waals surface area contributed by atoms with Crippen molar-refractivity contribution in [2.75, 3.05) is 13.1 Å². The lowest BCUT2D eigenvalue weighted by molar-refractivity contribution is -0.126. The predicted octanol–water partition coefficient (Wildman–Crippen LogP) is 2.80. The second-order valence-corrected chi connectivity index (χ2v) is 7.56. The lowest BCUT2D eigenvalue weighted by atomic mass is 9.80. The molecule has 0 heterocycles. The van der Waals surface area contributed by atoms with Crippen molar-refractivity contribution in [2.45, 2.75) is 54.9 Å². The molecule has 0 aliphatic rings. The molecule has 0 aromatic heterocycles. The minimum atomic E-state index is -0.0760. The monoisotopic (exact) mass is 256 g/mol. The summed E-state index contributed by atoms with van der Waals surface area (Å²) in [6, 6.07) is 0. The molecule has 0 radical (unpaired) electrons. The van der Waals surface area contributed by atoms with Crippen molar-refractivity contribution in [2.24, 2.45) is 28.4 Å². The van der Waals surface area contributed by atoms with Crippen LogP contribution in [0.5, 0.6) is 0 Å². The Labute approximate surface area is 113 Å². The minimum Gasteiger partial charge on any atom is -0.355 e. The molecule has 0 saturated heterocycles. The zero-order valence-corrected chi connectivity index (χ0v) is 13.3. The third-order valence-corrected chi connectivity index (χ3v) is 3.80. The summed E-state index contributed by atoms with van der Waals surface area (Å²) in [7, 11) is 0. The second-order valence-electron chi connectivity index (χ2n) is 7.56. The van der Waals surface area contributed by atoms with E-state index in [2.05, 4.69) is 53.8 Å². The highest BCUT2D eigenvalue weighted by molar-refractivity contribution is 5.78. The summed E-state index contributed by atoms with van der Waals surface area (Å²) in [6.45, 7) is 16.3. The molecule has 0 fully saturated rings. The van der Waals surface area contributed by atoms with Gasteiger partial charge in [-0.2, -0.15) is 0 Å². The van der Waals surface area contributed by atoms with Crippen LogP contribution >= 0.6 is 0 Å². The zero-order chi connectivity index (χ0) is 14.6. The van der Waals surface area contributed by atoms with E-state index in [-0.39, 0.29) is 22.7 Å². The highest BCUT2D eigenvalue weighted by Crippen LogP contribution is 2.26. The van der Waals surface area contributed by atoms with Gasteiger partial charge in [0.1, 0.15) is 0 Å². The number of amides is 1. The minimum absolute atomic E-state index is 0.0760. The third-order valence-electron chi connectivity index (χ3n) is 3.80. The SMILES string of the molecule is CC(C)C(C)(C)CNC(=O)C(CN)CC(C)(C)C. The third kappa shape index (κ3) is 6.39. The summed E-state index contributed by atoms with van der Waals surface area (Å²) in [5.74, 6) is 0.561. The van der Waals surface area contributed by atoms with Gasteiger partial charge in [0.25, 0.3) is 0 Å². The first-order valence-electron chi connectivity index (χ1n) is 6.97. The molecular weight excluding hydrogens is 224 g/mol. The van der Waals surface area contributed by atoms with E-state index in [0.29, 0.717) is 19.0 Å². The second kappa shape index (κ2) is 6.55. The smallest absolute Gasteiger partial charge is 0.224 e. The largest absolute Gasteiger partial charge is 0.355 e. The summed E-state index contributed by atoms with van der Waals surface area (Å²) in [6.07, 6.45) is 0.831. The van der Waals surface area contributed by atoms with Crippen LogP contribution in [0.4, 0.5) is 0 Å². The molecule has 3 N–H and O–H groups in total. The highest BCUT2D eigenvalue weighted by Gasteiger charge is 2.27. The van der Waals surface area contributed by atoms with Crippen LogP contribution in [0.15, 0.2) is 0 Å². The maximum Gasteiger partial charge on any atom is 0.224 e. The van der Waals surface area contributed by atoms with Crippen molar-refractivity contribution < 1.29 is 4.79 Å². The van der Waals surface area contributed by atoms with Crippen LogP contribution in [0.25, 0.3) is 0 Å². The van der Waals surface area contributed by atoms with Gasteiger partial charge < -0.3 is 11.1 Å². The fourth-order valence-corrected chi connectivity index (χ4v) is 1.69. The van der Waals surface area contributed by atoms with Gasteiger partial charge in [-0.25, -0.2) is 0 Å². The van der Waals surface area contributed by atoms with Crippen LogP contribution in [0.3, 0.4) is 0 Å². The normalized spacial score (nSPS) is 14.7. The zero-order valence-electron chi connectivity index (χ0n) is 13.3. The molecule has 18 heavy (non-hydrogen) atoms. The molecule has 0 rings (SSSR count). The summed E-state index contributed by atoms with van der Waals surface area (Å²) in [5, 5.41) is 3.06. The summed E-state index contributed by atoms with van der Waals surface area (Å²) < 4.78 is 0. The average Bonchev–Trinajstić information content (AvgIpc) is 2.21. The average molecular weight is 256 g/mol. The summed E-state index contributed by atoms with van der Waals surface area (Å²) >= 11 is 0. The van der Waals surface area contributed by atoms with Crippen molar-refractivity contribution in [1.82, 2.24) is 5.32 Å². The van der Waals surface area contributed by atoms with Crippen LogP contribution in [0.1, 0.15) is 54.9 Å². The number of carbonyl (C=O) groups excluding carboxylic acids is 1. The number of carbonyl (C=O) groups is 1. The van der Waals surface area contributed by atoms with Crippen LogP contribution < -0.4 is 11.1 Å². The molecule has 1 atom stereocenters. The molecule has 0 aliphatic heterocycles. The Morgan fingerprint density at radius 1 is 1.17 bits per heavy atom. The standard InChI is InChI=1S/C15H32N2O/c1-11(2)15(6,7)10-17-13(18)12(9-16)8-14(3,4)5/h11-12H,8-10,16H2,1-7H3,(H,17,18). The Hall–Kier alpha value is -0.570. The predicted molar refractivity (Wildman–Crippen MR) is 78.2 cm³/mol. The lowest BCUT2D eigenvalue weighted by Crippen LogP contribution is -2.42. The number of nitrogens with two attached hydrogens (primary N) is 1. The highest BCUT2D eigenvalue weighted by atomic mass is 16.1. The van der Waals surface area contributed by atoms with Crippen LogP contribution in [0, 0.1) is 22.7 Å². The number of hydrogen-bond acceptors (Lipinski definition) is 2. The fourth-order valence-electron chi connectivity index (χ4n) is 1.69. The fraction of sp³-hybridized carbons (Fsp3) is 0.933. The molecule has 0 aliphatic carbocycles. The summed E-state index contributed by atoms with van der Waals surface area (Å²) in [5.41, 5.74) is 5.97. The van der Waals surface area contributed by atoms with Gasteiger partial charge in [-0.05, 0) is 23.2 Å². The van der Waals surface area contributed by atoms with Crippen molar-refractivity contribution in [1.29, 1.82) is 0 Å². The van der Waals surface area contributed by atoms with E-state index in [1.165, 1.54) is 0 Å². The summed E-state index contributed by atoms with van der Waals surface area (Å²) in [4.78, 5) is 12.1.